The van der Waals surface area contributed by atoms with E-state index in [1.165, 1.54) is 37.0 Å². The number of hydrogen-bond acceptors (Lipinski definition) is 7. The Balaban J connectivity index is 1.31. The summed E-state index contributed by atoms with van der Waals surface area (Å²) in [5.74, 6) is -0.240. The largest absolute Gasteiger partial charge is 0.493 e. The Kier molecular flexibility index (Phi) is 9.41. The van der Waals surface area contributed by atoms with E-state index in [1.54, 1.807) is 91.0 Å². The second-order valence-electron chi connectivity index (χ2n) is 9.60. The number of para-hydroxylation sites is 1. The van der Waals surface area contributed by atoms with E-state index >= 15 is 0 Å². The summed E-state index contributed by atoms with van der Waals surface area (Å²) in [6.07, 6.45) is 1.53. The van der Waals surface area contributed by atoms with Gasteiger partial charge in [-0.1, -0.05) is 48.5 Å². The van der Waals surface area contributed by atoms with Crippen molar-refractivity contribution in [2.75, 3.05) is 31.8 Å². The van der Waals surface area contributed by atoms with Crippen LogP contribution in [0, 0.1) is 0 Å². The molecule has 1 heterocycles. The van der Waals surface area contributed by atoms with Crippen LogP contribution in [0.25, 0.3) is 6.08 Å². The SMILES string of the molecule is COc1cccc(/C=C(/NC(=O)c2ccccc2)C(=O)Nc2cccc(SCCN3C(=O)c4ccccc4C3=O)c2)c1OC. The molecular formula is C34H29N3O6S. The molecule has 0 saturated heterocycles. The lowest BCUT2D eigenvalue weighted by molar-refractivity contribution is -0.113. The molecule has 2 N–H and O–H groups in total. The van der Waals surface area contributed by atoms with Crippen LogP contribution in [0.5, 0.6) is 11.5 Å². The number of carbonyl (C=O) groups is 4. The molecule has 10 heteroatoms. The highest BCUT2D eigenvalue weighted by atomic mass is 32.2. The molecule has 4 aromatic rings. The van der Waals surface area contributed by atoms with E-state index in [9.17, 15) is 19.2 Å². The zero-order chi connectivity index (χ0) is 31.1. The first-order valence-corrected chi connectivity index (χ1v) is 14.7. The van der Waals surface area contributed by atoms with Crippen molar-refractivity contribution in [1.29, 1.82) is 0 Å². The molecule has 0 aromatic heterocycles. The molecule has 1 aliphatic heterocycles. The summed E-state index contributed by atoms with van der Waals surface area (Å²) in [6, 6.07) is 27.8. The van der Waals surface area contributed by atoms with E-state index in [0.29, 0.717) is 45.2 Å². The molecule has 0 aliphatic carbocycles. The minimum atomic E-state index is -0.549. The number of benzene rings is 4. The fourth-order valence-corrected chi connectivity index (χ4v) is 5.58. The zero-order valence-electron chi connectivity index (χ0n) is 24.0. The Morgan fingerprint density at radius 3 is 2.18 bits per heavy atom. The van der Waals surface area contributed by atoms with Gasteiger partial charge >= 0.3 is 0 Å². The number of fused-ring (bicyclic) bond motifs is 1. The van der Waals surface area contributed by atoms with Crippen LogP contribution in [0.2, 0.25) is 0 Å². The molecule has 4 amide bonds. The third-order valence-corrected chi connectivity index (χ3v) is 7.79. The van der Waals surface area contributed by atoms with Crippen molar-refractivity contribution in [2.24, 2.45) is 0 Å². The average Bonchev–Trinajstić information content (AvgIpc) is 3.29. The van der Waals surface area contributed by atoms with Gasteiger partial charge in [-0.15, -0.1) is 11.8 Å². The molecule has 44 heavy (non-hydrogen) atoms. The monoisotopic (exact) mass is 607 g/mol. The lowest BCUT2D eigenvalue weighted by Crippen LogP contribution is -2.31. The summed E-state index contributed by atoms with van der Waals surface area (Å²) >= 11 is 1.45. The lowest BCUT2D eigenvalue weighted by Gasteiger charge is -2.15. The van der Waals surface area contributed by atoms with Gasteiger partial charge in [-0.2, -0.15) is 0 Å². The van der Waals surface area contributed by atoms with Crippen molar-refractivity contribution < 1.29 is 28.7 Å². The molecule has 1 aliphatic rings. The number of nitrogens with zero attached hydrogens (tertiary/aromatic N) is 1. The second kappa shape index (κ2) is 13.7. The van der Waals surface area contributed by atoms with Crippen molar-refractivity contribution in [2.45, 2.75) is 4.90 Å². The molecule has 0 unspecified atom stereocenters. The van der Waals surface area contributed by atoms with Gasteiger partial charge in [-0.25, -0.2) is 0 Å². The highest BCUT2D eigenvalue weighted by Crippen LogP contribution is 2.32. The summed E-state index contributed by atoms with van der Waals surface area (Å²) in [5, 5.41) is 5.58. The number of ether oxygens (including phenoxy) is 2. The van der Waals surface area contributed by atoms with Gasteiger partial charge in [0.25, 0.3) is 23.6 Å². The molecule has 4 aromatic carbocycles. The number of anilines is 1. The number of amides is 4. The lowest BCUT2D eigenvalue weighted by atomic mass is 10.1. The van der Waals surface area contributed by atoms with Gasteiger partial charge in [0.15, 0.2) is 11.5 Å². The average molecular weight is 608 g/mol. The molecule has 5 rings (SSSR count). The highest BCUT2D eigenvalue weighted by Gasteiger charge is 2.34. The minimum absolute atomic E-state index is 0.00548. The van der Waals surface area contributed by atoms with Crippen molar-refractivity contribution in [3.8, 4) is 11.5 Å². The fraction of sp³-hybridized carbons (Fsp3) is 0.118. The van der Waals surface area contributed by atoms with Gasteiger partial charge in [0.1, 0.15) is 5.70 Å². The van der Waals surface area contributed by atoms with Crippen molar-refractivity contribution in [3.63, 3.8) is 0 Å². The van der Waals surface area contributed by atoms with Crippen LogP contribution < -0.4 is 20.1 Å². The fourth-order valence-electron chi connectivity index (χ4n) is 4.68. The second-order valence-corrected chi connectivity index (χ2v) is 10.8. The van der Waals surface area contributed by atoms with Crippen LogP contribution in [0.15, 0.2) is 108 Å². The van der Waals surface area contributed by atoms with Crippen LogP contribution in [-0.2, 0) is 4.79 Å². The third kappa shape index (κ3) is 6.66. The Morgan fingerprint density at radius 1 is 0.818 bits per heavy atom. The molecule has 0 radical (unpaired) electrons. The van der Waals surface area contributed by atoms with Crippen molar-refractivity contribution in [1.82, 2.24) is 10.2 Å². The number of nitrogens with one attached hydrogen (secondary N) is 2. The summed E-state index contributed by atoms with van der Waals surface area (Å²) in [6.45, 7) is 0.244. The Labute approximate surface area is 258 Å². The first kappa shape index (κ1) is 30.1. The van der Waals surface area contributed by atoms with Gasteiger partial charge in [-0.05, 0) is 54.6 Å². The number of rotatable bonds is 11. The van der Waals surface area contributed by atoms with E-state index in [-0.39, 0.29) is 24.1 Å². The van der Waals surface area contributed by atoms with Gasteiger partial charge in [0.2, 0.25) is 0 Å². The summed E-state index contributed by atoms with van der Waals surface area (Å²) in [7, 11) is 3.01. The molecule has 0 fully saturated rings. The molecule has 0 saturated carbocycles. The zero-order valence-corrected chi connectivity index (χ0v) is 24.9. The normalized spacial score (nSPS) is 12.5. The predicted octanol–water partition coefficient (Wildman–Crippen LogP) is 5.50. The smallest absolute Gasteiger partial charge is 0.272 e. The number of carbonyl (C=O) groups excluding carboxylic acids is 4. The Hall–Kier alpha value is -5.35. The van der Waals surface area contributed by atoms with E-state index < -0.39 is 11.8 Å². The van der Waals surface area contributed by atoms with Crippen LogP contribution in [0.3, 0.4) is 0 Å². The molecular weight excluding hydrogens is 578 g/mol. The van der Waals surface area contributed by atoms with Crippen LogP contribution in [0.1, 0.15) is 36.6 Å². The Bertz CT molecular complexity index is 1720. The maximum atomic E-state index is 13.6. The summed E-state index contributed by atoms with van der Waals surface area (Å²) < 4.78 is 10.9. The van der Waals surface area contributed by atoms with Crippen LogP contribution >= 0.6 is 11.8 Å². The number of thioether (sulfide) groups is 1. The molecule has 0 spiro atoms. The molecule has 222 valence electrons. The van der Waals surface area contributed by atoms with E-state index in [2.05, 4.69) is 10.6 Å². The van der Waals surface area contributed by atoms with Crippen molar-refractivity contribution >= 4 is 47.2 Å². The Morgan fingerprint density at radius 2 is 1.50 bits per heavy atom. The van der Waals surface area contributed by atoms with Crippen LogP contribution in [-0.4, -0.2) is 55.0 Å². The number of hydrogen-bond donors (Lipinski definition) is 2. The van der Waals surface area contributed by atoms with Gasteiger partial charge in [0.05, 0.1) is 25.3 Å². The first-order chi connectivity index (χ1) is 21.4. The minimum Gasteiger partial charge on any atom is -0.493 e. The summed E-state index contributed by atoms with van der Waals surface area (Å²) in [4.78, 5) is 54.0. The molecule has 0 atom stereocenters. The van der Waals surface area contributed by atoms with E-state index in [4.69, 9.17) is 9.47 Å². The van der Waals surface area contributed by atoms with E-state index in [1.807, 2.05) is 6.07 Å². The number of imide groups is 1. The topological polar surface area (TPSA) is 114 Å². The van der Waals surface area contributed by atoms with Gasteiger partial charge < -0.3 is 20.1 Å². The third-order valence-electron chi connectivity index (χ3n) is 6.82. The highest BCUT2D eigenvalue weighted by molar-refractivity contribution is 7.99. The van der Waals surface area contributed by atoms with Crippen molar-refractivity contribution in [3.05, 3.63) is 125 Å². The molecule has 9 nitrogen and oxygen atoms in total. The predicted molar refractivity (Wildman–Crippen MR) is 169 cm³/mol. The first-order valence-electron chi connectivity index (χ1n) is 13.7. The molecule has 0 bridgehead atoms. The van der Waals surface area contributed by atoms with Gasteiger partial charge in [-0.3, -0.25) is 24.1 Å². The summed E-state index contributed by atoms with van der Waals surface area (Å²) in [5.41, 5.74) is 2.25. The standard InChI is InChI=1S/C34H29N3O6S/c1-42-29-17-8-12-23(30(29)43-2)20-28(36-31(38)22-10-4-3-5-11-22)32(39)35-24-13-9-14-25(21-24)44-19-18-37-33(40)26-15-6-7-16-27(26)34(37)41/h3-17,20-21H,18-19H2,1-2H3,(H,35,39)(H,36,38)/b28-20+. The quantitative estimate of drug-likeness (QED) is 0.131. The van der Waals surface area contributed by atoms with E-state index in [0.717, 1.165) is 4.90 Å². The van der Waals surface area contributed by atoms with Gasteiger partial charge in [0, 0.05) is 34.0 Å². The van der Waals surface area contributed by atoms with Crippen LogP contribution in [0.4, 0.5) is 5.69 Å². The maximum Gasteiger partial charge on any atom is 0.272 e. The number of methoxy groups -OCH3 is 2. The maximum absolute atomic E-state index is 13.6.